The van der Waals surface area contributed by atoms with Gasteiger partial charge in [0.15, 0.2) is 0 Å². The smallest absolute Gasteiger partial charge is 0.221 e. The van der Waals surface area contributed by atoms with Crippen LogP contribution < -0.4 is 5.32 Å². The molecule has 0 radical (unpaired) electrons. The Morgan fingerprint density at radius 2 is 2.04 bits per heavy atom. The molecule has 0 bridgehead atoms. The van der Waals surface area contributed by atoms with Gasteiger partial charge in [-0.15, -0.1) is 0 Å². The summed E-state index contributed by atoms with van der Waals surface area (Å²) in [5.74, 6) is 0.753. The molecule has 3 aromatic rings. The summed E-state index contributed by atoms with van der Waals surface area (Å²) in [6, 6.07) is 15.7. The van der Waals surface area contributed by atoms with E-state index < -0.39 is 0 Å². The molecule has 0 saturated carbocycles. The molecular formula is C19H21N3O2. The van der Waals surface area contributed by atoms with Crippen LogP contribution in [-0.4, -0.2) is 22.2 Å². The molecule has 0 spiro atoms. The van der Waals surface area contributed by atoms with Crippen molar-refractivity contribution in [1.82, 2.24) is 15.1 Å². The Bertz CT molecular complexity index is 763. The van der Waals surface area contributed by atoms with E-state index in [9.17, 15) is 4.79 Å². The molecule has 0 aliphatic carbocycles. The van der Waals surface area contributed by atoms with E-state index in [0.717, 1.165) is 23.4 Å². The first-order valence-corrected chi connectivity index (χ1v) is 8.06. The van der Waals surface area contributed by atoms with Crippen molar-refractivity contribution < 1.29 is 9.21 Å². The zero-order chi connectivity index (χ0) is 16.8. The number of amides is 1. The summed E-state index contributed by atoms with van der Waals surface area (Å²) in [7, 11) is 1.90. The highest BCUT2D eigenvalue weighted by atomic mass is 16.3. The highest BCUT2D eigenvalue weighted by Crippen LogP contribution is 2.28. The summed E-state index contributed by atoms with van der Waals surface area (Å²) in [5.41, 5.74) is 2.18. The number of furan rings is 1. The van der Waals surface area contributed by atoms with Gasteiger partial charge >= 0.3 is 0 Å². The van der Waals surface area contributed by atoms with E-state index >= 15 is 0 Å². The average Bonchev–Trinajstić information content (AvgIpc) is 3.26. The molecule has 1 atom stereocenters. The molecule has 0 fully saturated rings. The standard InChI is InChI=1S/C19H21N3O2/c1-22-16(10-12-21-22)9-11-20-19(23)14-17(18-8-5-13-24-18)15-6-3-2-4-7-15/h2-8,10,12-13,17H,9,11,14H2,1H3,(H,20,23)/t17-/m1/s1. The Balaban J connectivity index is 1.60. The number of carbonyl (C=O) groups excluding carboxylic acids is 1. The predicted octanol–water partition coefficient (Wildman–Crippen LogP) is 2.89. The zero-order valence-corrected chi connectivity index (χ0v) is 13.7. The summed E-state index contributed by atoms with van der Waals surface area (Å²) < 4.78 is 7.36. The molecule has 2 aromatic heterocycles. The van der Waals surface area contributed by atoms with Crippen LogP contribution in [0.3, 0.4) is 0 Å². The summed E-state index contributed by atoms with van der Waals surface area (Å²) in [5, 5.41) is 7.12. The highest BCUT2D eigenvalue weighted by molar-refractivity contribution is 5.77. The molecule has 3 rings (SSSR count). The second-order valence-corrected chi connectivity index (χ2v) is 5.73. The van der Waals surface area contributed by atoms with Gasteiger partial charge in [-0.2, -0.15) is 5.10 Å². The molecule has 24 heavy (non-hydrogen) atoms. The molecule has 5 heteroatoms. The second-order valence-electron chi connectivity index (χ2n) is 5.73. The van der Waals surface area contributed by atoms with Crippen molar-refractivity contribution in [1.29, 1.82) is 0 Å². The third-order valence-electron chi connectivity index (χ3n) is 4.10. The number of nitrogens with zero attached hydrogens (tertiary/aromatic N) is 2. The van der Waals surface area contributed by atoms with Gasteiger partial charge in [-0.1, -0.05) is 30.3 Å². The van der Waals surface area contributed by atoms with E-state index in [1.54, 1.807) is 12.5 Å². The van der Waals surface area contributed by atoms with Gasteiger partial charge in [0, 0.05) is 38.3 Å². The molecule has 5 nitrogen and oxygen atoms in total. The first-order chi connectivity index (χ1) is 11.7. The van der Waals surface area contributed by atoms with Crippen LogP contribution in [0, 0.1) is 0 Å². The van der Waals surface area contributed by atoms with Gasteiger partial charge < -0.3 is 9.73 Å². The molecule has 1 N–H and O–H groups in total. The average molecular weight is 323 g/mol. The molecule has 0 saturated heterocycles. The lowest BCUT2D eigenvalue weighted by Gasteiger charge is -2.15. The van der Waals surface area contributed by atoms with Crippen LogP contribution in [-0.2, 0) is 18.3 Å². The topological polar surface area (TPSA) is 60.1 Å². The summed E-state index contributed by atoms with van der Waals surface area (Å²) >= 11 is 0. The van der Waals surface area contributed by atoms with Crippen LogP contribution in [0.15, 0.2) is 65.4 Å². The van der Waals surface area contributed by atoms with E-state index in [0.29, 0.717) is 13.0 Å². The number of nitrogens with one attached hydrogen (secondary N) is 1. The SMILES string of the molecule is Cn1nccc1CCNC(=O)C[C@H](c1ccccc1)c1ccco1. The molecule has 2 heterocycles. The summed E-state index contributed by atoms with van der Waals surface area (Å²) in [4.78, 5) is 12.4. The minimum absolute atomic E-state index is 0.0161. The van der Waals surface area contributed by atoms with Crippen molar-refractivity contribution in [3.05, 3.63) is 78.0 Å². The maximum atomic E-state index is 12.4. The van der Waals surface area contributed by atoms with Gasteiger partial charge in [-0.25, -0.2) is 0 Å². The Labute approximate surface area is 141 Å². The number of aryl methyl sites for hydroxylation is 1. The molecule has 0 aliphatic heterocycles. The fraction of sp³-hybridized carbons (Fsp3) is 0.263. The minimum atomic E-state index is -0.0714. The fourth-order valence-electron chi connectivity index (χ4n) is 2.79. The molecule has 1 aromatic carbocycles. The van der Waals surface area contributed by atoms with Crippen LogP contribution in [0.4, 0.5) is 0 Å². The Morgan fingerprint density at radius 1 is 1.21 bits per heavy atom. The van der Waals surface area contributed by atoms with Crippen molar-refractivity contribution in [2.75, 3.05) is 6.54 Å². The van der Waals surface area contributed by atoms with Gasteiger partial charge in [0.25, 0.3) is 0 Å². The maximum Gasteiger partial charge on any atom is 0.221 e. The first kappa shape index (κ1) is 16.1. The van der Waals surface area contributed by atoms with Crippen molar-refractivity contribution in [3.8, 4) is 0 Å². The largest absolute Gasteiger partial charge is 0.469 e. The normalized spacial score (nSPS) is 12.0. The third kappa shape index (κ3) is 3.93. The number of hydrogen-bond acceptors (Lipinski definition) is 3. The lowest BCUT2D eigenvalue weighted by molar-refractivity contribution is -0.121. The third-order valence-corrected chi connectivity index (χ3v) is 4.10. The number of carbonyl (C=O) groups is 1. The predicted molar refractivity (Wildman–Crippen MR) is 91.5 cm³/mol. The molecule has 124 valence electrons. The van der Waals surface area contributed by atoms with Crippen LogP contribution in [0.25, 0.3) is 0 Å². The van der Waals surface area contributed by atoms with Crippen molar-refractivity contribution in [2.24, 2.45) is 7.05 Å². The quantitative estimate of drug-likeness (QED) is 0.727. The Morgan fingerprint density at radius 3 is 2.71 bits per heavy atom. The van der Waals surface area contributed by atoms with E-state index in [4.69, 9.17) is 4.42 Å². The van der Waals surface area contributed by atoms with Gasteiger partial charge in [-0.3, -0.25) is 9.48 Å². The zero-order valence-electron chi connectivity index (χ0n) is 13.7. The molecular weight excluding hydrogens is 302 g/mol. The van der Waals surface area contributed by atoms with Crippen LogP contribution in [0.1, 0.15) is 29.4 Å². The monoisotopic (exact) mass is 323 g/mol. The van der Waals surface area contributed by atoms with Gasteiger partial charge in [0.2, 0.25) is 5.91 Å². The van der Waals surface area contributed by atoms with Gasteiger partial charge in [0.1, 0.15) is 5.76 Å². The highest BCUT2D eigenvalue weighted by Gasteiger charge is 2.20. The number of aromatic nitrogens is 2. The summed E-state index contributed by atoms with van der Waals surface area (Å²) in [6.45, 7) is 0.595. The summed E-state index contributed by atoms with van der Waals surface area (Å²) in [6.07, 6.45) is 4.53. The lowest BCUT2D eigenvalue weighted by atomic mass is 9.93. The number of hydrogen-bond donors (Lipinski definition) is 1. The number of rotatable bonds is 7. The molecule has 0 unspecified atom stereocenters. The first-order valence-electron chi connectivity index (χ1n) is 8.06. The lowest BCUT2D eigenvalue weighted by Crippen LogP contribution is -2.27. The molecule has 0 aliphatic rings. The maximum absolute atomic E-state index is 12.4. The fourth-order valence-corrected chi connectivity index (χ4v) is 2.79. The number of benzene rings is 1. The van der Waals surface area contributed by atoms with Gasteiger partial charge in [-0.05, 0) is 23.8 Å². The second kappa shape index (κ2) is 7.64. The Kier molecular flexibility index (Phi) is 5.11. The van der Waals surface area contributed by atoms with E-state index in [2.05, 4.69) is 10.4 Å². The van der Waals surface area contributed by atoms with Crippen LogP contribution in [0.2, 0.25) is 0 Å². The van der Waals surface area contributed by atoms with Crippen molar-refractivity contribution >= 4 is 5.91 Å². The van der Waals surface area contributed by atoms with Crippen LogP contribution >= 0.6 is 0 Å². The minimum Gasteiger partial charge on any atom is -0.469 e. The van der Waals surface area contributed by atoms with Gasteiger partial charge in [0.05, 0.1) is 12.2 Å². The van der Waals surface area contributed by atoms with E-state index in [-0.39, 0.29) is 11.8 Å². The van der Waals surface area contributed by atoms with Crippen LogP contribution in [0.5, 0.6) is 0 Å². The van der Waals surface area contributed by atoms with Crippen molar-refractivity contribution in [2.45, 2.75) is 18.8 Å². The van der Waals surface area contributed by atoms with Crippen molar-refractivity contribution in [3.63, 3.8) is 0 Å². The Hall–Kier alpha value is -2.82. The van der Waals surface area contributed by atoms with E-state index in [1.165, 1.54) is 0 Å². The molecule has 1 amide bonds. The van der Waals surface area contributed by atoms with E-state index in [1.807, 2.05) is 60.3 Å².